The van der Waals surface area contributed by atoms with Crippen LogP contribution in [-0.2, 0) is 15.1 Å². The highest BCUT2D eigenvalue weighted by Crippen LogP contribution is 2.37. The van der Waals surface area contributed by atoms with Gasteiger partial charge in [0.2, 0.25) is 12.7 Å². The SMILES string of the molecule is CCOc1ccccc1NC(=O)CN1C(=O)N[C@@](C)(c2ccc3c(c2)OCO3)C1=O. The van der Waals surface area contributed by atoms with Gasteiger partial charge in [-0.25, -0.2) is 4.79 Å². The molecule has 9 nitrogen and oxygen atoms in total. The van der Waals surface area contributed by atoms with Crippen molar-refractivity contribution in [2.75, 3.05) is 25.3 Å². The van der Waals surface area contributed by atoms with Gasteiger partial charge in [-0.2, -0.15) is 0 Å². The molecule has 2 N–H and O–H groups in total. The van der Waals surface area contributed by atoms with Gasteiger partial charge in [0.15, 0.2) is 11.5 Å². The predicted molar refractivity (Wildman–Crippen MR) is 106 cm³/mol. The maximum absolute atomic E-state index is 13.1. The molecule has 1 fully saturated rings. The lowest BCUT2D eigenvalue weighted by Crippen LogP contribution is -2.42. The lowest BCUT2D eigenvalue weighted by molar-refractivity contribution is -0.133. The molecule has 0 saturated carbocycles. The fourth-order valence-corrected chi connectivity index (χ4v) is 3.43. The molecule has 1 atom stereocenters. The first-order valence-corrected chi connectivity index (χ1v) is 9.48. The number of fused-ring (bicyclic) bond motifs is 1. The Morgan fingerprint density at radius 3 is 2.77 bits per heavy atom. The van der Waals surface area contributed by atoms with Crippen LogP contribution in [-0.4, -0.2) is 42.7 Å². The van der Waals surface area contributed by atoms with Crippen LogP contribution in [0.2, 0.25) is 0 Å². The molecular formula is C21H21N3O6. The molecule has 9 heteroatoms. The number of urea groups is 1. The van der Waals surface area contributed by atoms with E-state index in [9.17, 15) is 14.4 Å². The largest absolute Gasteiger partial charge is 0.492 e. The van der Waals surface area contributed by atoms with Crippen molar-refractivity contribution in [1.29, 1.82) is 0 Å². The fraction of sp³-hybridized carbons (Fsp3) is 0.286. The molecule has 2 aromatic rings. The first kappa shape index (κ1) is 19.6. The van der Waals surface area contributed by atoms with Crippen molar-refractivity contribution in [2.45, 2.75) is 19.4 Å². The van der Waals surface area contributed by atoms with Crippen molar-refractivity contribution < 1.29 is 28.6 Å². The van der Waals surface area contributed by atoms with E-state index in [1.165, 1.54) is 0 Å². The zero-order valence-corrected chi connectivity index (χ0v) is 16.6. The van der Waals surface area contributed by atoms with Gasteiger partial charge in [-0.1, -0.05) is 18.2 Å². The van der Waals surface area contributed by atoms with Crippen LogP contribution in [0.3, 0.4) is 0 Å². The molecule has 4 rings (SSSR count). The molecule has 30 heavy (non-hydrogen) atoms. The Morgan fingerprint density at radius 1 is 1.20 bits per heavy atom. The number of carbonyl (C=O) groups is 3. The van der Waals surface area contributed by atoms with E-state index in [2.05, 4.69) is 10.6 Å². The third kappa shape index (κ3) is 3.38. The van der Waals surface area contributed by atoms with Gasteiger partial charge in [0, 0.05) is 0 Å². The summed E-state index contributed by atoms with van der Waals surface area (Å²) in [5.74, 6) is 0.541. The van der Waals surface area contributed by atoms with Gasteiger partial charge in [0.05, 0.1) is 12.3 Å². The maximum Gasteiger partial charge on any atom is 0.325 e. The monoisotopic (exact) mass is 411 g/mol. The number of hydrogen-bond donors (Lipinski definition) is 2. The van der Waals surface area contributed by atoms with Crippen molar-refractivity contribution in [1.82, 2.24) is 10.2 Å². The summed E-state index contributed by atoms with van der Waals surface area (Å²) in [6, 6.07) is 11.3. The van der Waals surface area contributed by atoms with Crippen LogP contribution in [0.25, 0.3) is 0 Å². The standard InChI is InChI=1S/C21H21N3O6/c1-3-28-15-7-5-4-6-14(15)22-18(25)11-24-19(26)21(2,23-20(24)27)13-8-9-16-17(10-13)30-12-29-16/h4-10H,3,11-12H2,1-2H3,(H,22,25)(H,23,27)/t21-/m0/s1. The van der Waals surface area contributed by atoms with Crippen molar-refractivity contribution in [3.63, 3.8) is 0 Å². The number of amides is 4. The average Bonchev–Trinajstić information content (AvgIpc) is 3.28. The summed E-state index contributed by atoms with van der Waals surface area (Å²) in [4.78, 5) is 39.0. The van der Waals surface area contributed by atoms with Crippen LogP contribution < -0.4 is 24.8 Å². The normalized spacial score (nSPS) is 19.6. The fourth-order valence-electron chi connectivity index (χ4n) is 3.43. The molecule has 0 unspecified atom stereocenters. The number of ether oxygens (including phenoxy) is 3. The Balaban J connectivity index is 1.50. The molecule has 0 spiro atoms. The molecule has 0 radical (unpaired) electrons. The summed E-state index contributed by atoms with van der Waals surface area (Å²) in [7, 11) is 0. The van der Waals surface area contributed by atoms with Gasteiger partial charge in [-0.05, 0) is 43.7 Å². The van der Waals surface area contributed by atoms with Crippen LogP contribution in [0.4, 0.5) is 10.5 Å². The number of carbonyl (C=O) groups excluding carboxylic acids is 3. The van der Waals surface area contributed by atoms with E-state index in [0.29, 0.717) is 35.1 Å². The smallest absolute Gasteiger partial charge is 0.325 e. The second-order valence-electron chi connectivity index (χ2n) is 6.99. The highest BCUT2D eigenvalue weighted by Gasteiger charge is 2.49. The van der Waals surface area contributed by atoms with E-state index in [4.69, 9.17) is 14.2 Å². The van der Waals surface area contributed by atoms with Gasteiger partial charge in [0.25, 0.3) is 5.91 Å². The number of nitrogens with zero attached hydrogens (tertiary/aromatic N) is 1. The predicted octanol–water partition coefficient (Wildman–Crippen LogP) is 2.22. The average molecular weight is 411 g/mol. The summed E-state index contributed by atoms with van der Waals surface area (Å²) < 4.78 is 16.1. The first-order valence-electron chi connectivity index (χ1n) is 9.48. The molecule has 2 heterocycles. The van der Waals surface area contributed by atoms with Crippen molar-refractivity contribution in [3.05, 3.63) is 48.0 Å². The molecule has 0 aromatic heterocycles. The maximum atomic E-state index is 13.1. The minimum absolute atomic E-state index is 0.103. The summed E-state index contributed by atoms with van der Waals surface area (Å²) in [5, 5.41) is 5.36. The van der Waals surface area contributed by atoms with E-state index in [1.54, 1.807) is 49.4 Å². The van der Waals surface area contributed by atoms with Crippen molar-refractivity contribution in [3.8, 4) is 17.2 Å². The quantitative estimate of drug-likeness (QED) is 0.706. The zero-order valence-electron chi connectivity index (χ0n) is 16.6. The highest BCUT2D eigenvalue weighted by molar-refractivity contribution is 6.10. The molecule has 1 saturated heterocycles. The van der Waals surface area contributed by atoms with Crippen LogP contribution in [0, 0.1) is 0 Å². The van der Waals surface area contributed by atoms with Crippen LogP contribution >= 0.6 is 0 Å². The minimum atomic E-state index is -1.32. The Morgan fingerprint density at radius 2 is 1.97 bits per heavy atom. The number of para-hydroxylation sites is 2. The molecule has 0 aliphatic carbocycles. The third-order valence-electron chi connectivity index (χ3n) is 4.99. The van der Waals surface area contributed by atoms with E-state index in [0.717, 1.165) is 4.90 Å². The van der Waals surface area contributed by atoms with Gasteiger partial charge in [-0.15, -0.1) is 0 Å². The van der Waals surface area contributed by atoms with Crippen LogP contribution in [0.5, 0.6) is 17.2 Å². The second-order valence-corrected chi connectivity index (χ2v) is 6.99. The molecule has 0 bridgehead atoms. The first-order chi connectivity index (χ1) is 14.4. The Kier molecular flexibility index (Phi) is 4.94. The summed E-state index contributed by atoms with van der Waals surface area (Å²) in [6.45, 7) is 3.54. The van der Waals surface area contributed by atoms with E-state index >= 15 is 0 Å². The van der Waals surface area contributed by atoms with E-state index < -0.39 is 29.9 Å². The van der Waals surface area contributed by atoms with Gasteiger partial charge < -0.3 is 24.8 Å². The number of benzene rings is 2. The topological polar surface area (TPSA) is 106 Å². The van der Waals surface area contributed by atoms with Crippen molar-refractivity contribution in [2.24, 2.45) is 0 Å². The Hall–Kier alpha value is -3.75. The Labute approximate surface area is 172 Å². The number of hydrogen-bond acceptors (Lipinski definition) is 6. The zero-order chi connectivity index (χ0) is 21.3. The van der Waals surface area contributed by atoms with Crippen LogP contribution in [0.1, 0.15) is 19.4 Å². The summed E-state index contributed by atoms with van der Waals surface area (Å²) in [6.07, 6.45) is 0. The number of nitrogens with one attached hydrogen (secondary N) is 2. The number of rotatable bonds is 6. The molecule has 156 valence electrons. The summed E-state index contributed by atoms with van der Waals surface area (Å²) in [5.41, 5.74) is -0.314. The molecular weight excluding hydrogens is 390 g/mol. The Bertz CT molecular complexity index is 1020. The number of imide groups is 1. The molecule has 2 aliphatic rings. The molecule has 4 amide bonds. The van der Waals surface area contributed by atoms with E-state index in [1.807, 2.05) is 6.92 Å². The molecule has 2 aliphatic heterocycles. The van der Waals surface area contributed by atoms with Gasteiger partial charge in [-0.3, -0.25) is 14.5 Å². The third-order valence-corrected chi connectivity index (χ3v) is 4.99. The highest BCUT2D eigenvalue weighted by atomic mass is 16.7. The van der Waals surface area contributed by atoms with Gasteiger partial charge in [0.1, 0.15) is 17.8 Å². The molecule has 2 aromatic carbocycles. The second kappa shape index (κ2) is 7.58. The summed E-state index contributed by atoms with van der Waals surface area (Å²) >= 11 is 0. The minimum Gasteiger partial charge on any atom is -0.492 e. The lowest BCUT2D eigenvalue weighted by atomic mass is 9.91. The van der Waals surface area contributed by atoms with E-state index in [-0.39, 0.29) is 6.79 Å². The van der Waals surface area contributed by atoms with Gasteiger partial charge >= 0.3 is 6.03 Å². The lowest BCUT2D eigenvalue weighted by Gasteiger charge is -2.22. The van der Waals surface area contributed by atoms with Crippen molar-refractivity contribution >= 4 is 23.5 Å². The van der Waals surface area contributed by atoms with Crippen LogP contribution in [0.15, 0.2) is 42.5 Å². The number of anilines is 1.